The van der Waals surface area contributed by atoms with Crippen LogP contribution in [0.1, 0.15) is 23.7 Å². The van der Waals surface area contributed by atoms with E-state index < -0.39 is 12.1 Å². The van der Waals surface area contributed by atoms with Gasteiger partial charge in [0.2, 0.25) is 0 Å². The average molecular weight is 348 g/mol. The van der Waals surface area contributed by atoms with Gasteiger partial charge < -0.3 is 14.8 Å². The normalized spacial score (nSPS) is 11.5. The number of anilines is 1. The topological polar surface area (TPSA) is 64.6 Å². The van der Waals surface area contributed by atoms with Crippen molar-refractivity contribution in [2.45, 2.75) is 19.4 Å². The molecule has 0 aliphatic carbocycles. The molecule has 6 heteroatoms. The Morgan fingerprint density at radius 1 is 1.12 bits per heavy atom. The lowest BCUT2D eigenvalue weighted by Gasteiger charge is -2.18. The number of halogens is 1. The first-order valence-corrected chi connectivity index (χ1v) is 7.84. The fourth-order valence-electron chi connectivity index (χ4n) is 2.11. The third-order valence-electron chi connectivity index (χ3n) is 3.36. The molecule has 0 heterocycles. The molecule has 126 valence electrons. The summed E-state index contributed by atoms with van der Waals surface area (Å²) in [6.45, 7) is 1.83. The van der Waals surface area contributed by atoms with Crippen LogP contribution >= 0.6 is 11.6 Å². The van der Waals surface area contributed by atoms with Gasteiger partial charge in [-0.2, -0.15) is 0 Å². The fourth-order valence-corrected chi connectivity index (χ4v) is 2.29. The minimum Gasteiger partial charge on any atom is -0.479 e. The molecule has 0 spiro atoms. The zero-order valence-electron chi connectivity index (χ0n) is 13.4. The van der Waals surface area contributed by atoms with Crippen molar-refractivity contribution < 1.29 is 19.1 Å². The van der Waals surface area contributed by atoms with Gasteiger partial charge in [-0.3, -0.25) is 4.79 Å². The molecule has 2 aromatic carbocycles. The van der Waals surface area contributed by atoms with Gasteiger partial charge in [-0.25, -0.2) is 4.79 Å². The summed E-state index contributed by atoms with van der Waals surface area (Å²) in [5, 5.41) is 3.14. The van der Waals surface area contributed by atoms with E-state index in [1.807, 2.05) is 6.92 Å². The lowest BCUT2D eigenvalue weighted by Crippen LogP contribution is -2.33. The van der Waals surface area contributed by atoms with Crippen LogP contribution < -0.4 is 10.1 Å². The summed E-state index contributed by atoms with van der Waals surface area (Å²) >= 11 is 6.06. The molecule has 1 amide bonds. The molecular weight excluding hydrogens is 330 g/mol. The first kappa shape index (κ1) is 17.8. The number of esters is 1. The van der Waals surface area contributed by atoms with Gasteiger partial charge in [0.05, 0.1) is 23.4 Å². The van der Waals surface area contributed by atoms with E-state index in [-0.39, 0.29) is 11.5 Å². The maximum atomic E-state index is 12.5. The number of amides is 1. The van der Waals surface area contributed by atoms with E-state index >= 15 is 0 Å². The summed E-state index contributed by atoms with van der Waals surface area (Å²) in [6.07, 6.45) is -0.298. The molecular formula is C18H18ClNO4. The van der Waals surface area contributed by atoms with Crippen LogP contribution in [0.2, 0.25) is 5.02 Å². The number of hydrogen-bond acceptors (Lipinski definition) is 4. The van der Waals surface area contributed by atoms with Gasteiger partial charge >= 0.3 is 5.97 Å². The van der Waals surface area contributed by atoms with E-state index in [4.69, 9.17) is 21.1 Å². The smallest absolute Gasteiger partial charge is 0.339 e. The molecule has 2 rings (SSSR count). The highest BCUT2D eigenvalue weighted by Gasteiger charge is 2.21. The minimum absolute atomic E-state index is 0.279. The van der Waals surface area contributed by atoms with E-state index in [9.17, 15) is 9.59 Å². The molecule has 0 aliphatic heterocycles. The van der Waals surface area contributed by atoms with Crippen molar-refractivity contribution in [2.75, 3.05) is 12.4 Å². The highest BCUT2D eigenvalue weighted by molar-refractivity contribution is 6.32. The van der Waals surface area contributed by atoms with Crippen LogP contribution in [-0.4, -0.2) is 25.1 Å². The predicted octanol–water partition coefficient (Wildman–Crippen LogP) is 3.92. The molecule has 0 radical (unpaired) electrons. The SMILES string of the molecule is CCC(Oc1ccccc1Cl)C(=O)Nc1ccccc1C(=O)OC. The summed E-state index contributed by atoms with van der Waals surface area (Å²) in [4.78, 5) is 24.3. The van der Waals surface area contributed by atoms with Crippen LogP contribution in [0, 0.1) is 0 Å². The van der Waals surface area contributed by atoms with Crippen molar-refractivity contribution in [2.24, 2.45) is 0 Å². The van der Waals surface area contributed by atoms with Crippen molar-refractivity contribution in [3.8, 4) is 5.75 Å². The Balaban J connectivity index is 2.16. The zero-order chi connectivity index (χ0) is 17.5. The second-order valence-electron chi connectivity index (χ2n) is 4.97. The summed E-state index contributed by atoms with van der Waals surface area (Å²) in [5.74, 6) is -0.456. The van der Waals surface area contributed by atoms with E-state index in [1.165, 1.54) is 7.11 Å². The van der Waals surface area contributed by atoms with Crippen LogP contribution in [0.4, 0.5) is 5.69 Å². The van der Waals surface area contributed by atoms with Crippen molar-refractivity contribution in [1.82, 2.24) is 0 Å². The van der Waals surface area contributed by atoms with E-state index in [1.54, 1.807) is 48.5 Å². The standard InChI is InChI=1S/C18H18ClNO4/c1-3-15(24-16-11-7-5-9-13(16)19)17(21)20-14-10-6-4-8-12(14)18(22)23-2/h4-11,15H,3H2,1-2H3,(H,20,21). The van der Waals surface area contributed by atoms with Crippen LogP contribution in [0.5, 0.6) is 5.75 Å². The van der Waals surface area contributed by atoms with E-state index in [2.05, 4.69) is 5.32 Å². The molecule has 1 N–H and O–H groups in total. The third kappa shape index (κ3) is 4.26. The van der Waals surface area contributed by atoms with Crippen LogP contribution in [0.15, 0.2) is 48.5 Å². The summed E-state index contributed by atoms with van der Waals surface area (Å²) < 4.78 is 10.4. The summed E-state index contributed by atoms with van der Waals surface area (Å²) in [7, 11) is 1.29. The van der Waals surface area contributed by atoms with Gasteiger partial charge in [0.25, 0.3) is 5.91 Å². The number of para-hydroxylation sites is 2. The maximum Gasteiger partial charge on any atom is 0.339 e. The first-order chi connectivity index (χ1) is 11.6. The molecule has 2 aromatic rings. The van der Waals surface area contributed by atoms with Crippen molar-refractivity contribution >= 4 is 29.2 Å². The molecule has 0 aromatic heterocycles. The summed E-state index contributed by atoms with van der Waals surface area (Å²) in [5.41, 5.74) is 0.650. The number of nitrogens with one attached hydrogen (secondary N) is 1. The number of benzene rings is 2. The monoisotopic (exact) mass is 347 g/mol. The molecule has 24 heavy (non-hydrogen) atoms. The number of ether oxygens (including phenoxy) is 2. The van der Waals surface area contributed by atoms with Gasteiger partial charge in [0, 0.05) is 0 Å². The van der Waals surface area contributed by atoms with E-state index in [0.29, 0.717) is 22.9 Å². The van der Waals surface area contributed by atoms with Gasteiger partial charge in [-0.15, -0.1) is 0 Å². The van der Waals surface area contributed by atoms with Crippen molar-refractivity contribution in [3.05, 3.63) is 59.1 Å². The Labute approximate surface area is 145 Å². The van der Waals surface area contributed by atoms with E-state index in [0.717, 1.165) is 0 Å². The molecule has 0 saturated carbocycles. The molecule has 5 nitrogen and oxygen atoms in total. The van der Waals surface area contributed by atoms with Crippen molar-refractivity contribution in [1.29, 1.82) is 0 Å². The molecule has 0 bridgehead atoms. The summed E-state index contributed by atoms with van der Waals surface area (Å²) in [6, 6.07) is 13.6. The zero-order valence-corrected chi connectivity index (χ0v) is 14.2. The Morgan fingerprint density at radius 3 is 2.46 bits per heavy atom. The molecule has 0 fully saturated rings. The molecule has 0 aliphatic rings. The number of methoxy groups -OCH3 is 1. The van der Waals surface area contributed by atoms with Crippen LogP contribution in [0.25, 0.3) is 0 Å². The predicted molar refractivity (Wildman–Crippen MR) is 92.6 cm³/mol. The third-order valence-corrected chi connectivity index (χ3v) is 3.67. The first-order valence-electron chi connectivity index (χ1n) is 7.46. The lowest BCUT2D eigenvalue weighted by atomic mass is 10.1. The van der Waals surface area contributed by atoms with Crippen LogP contribution in [0.3, 0.4) is 0 Å². The maximum absolute atomic E-state index is 12.5. The number of hydrogen-bond donors (Lipinski definition) is 1. The quantitative estimate of drug-likeness (QED) is 0.804. The second-order valence-corrected chi connectivity index (χ2v) is 5.38. The Morgan fingerprint density at radius 2 is 1.79 bits per heavy atom. The number of rotatable bonds is 6. The Kier molecular flexibility index (Phi) is 6.21. The minimum atomic E-state index is -0.740. The largest absolute Gasteiger partial charge is 0.479 e. The molecule has 1 atom stereocenters. The van der Waals surface area contributed by atoms with Crippen molar-refractivity contribution in [3.63, 3.8) is 0 Å². The Hall–Kier alpha value is -2.53. The molecule has 0 saturated heterocycles. The van der Waals surface area contributed by atoms with Gasteiger partial charge in [-0.05, 0) is 30.7 Å². The average Bonchev–Trinajstić information content (AvgIpc) is 2.60. The van der Waals surface area contributed by atoms with Gasteiger partial charge in [0.1, 0.15) is 5.75 Å². The van der Waals surface area contributed by atoms with Crippen LogP contribution in [-0.2, 0) is 9.53 Å². The number of carbonyl (C=O) groups excluding carboxylic acids is 2. The highest BCUT2D eigenvalue weighted by atomic mass is 35.5. The number of carbonyl (C=O) groups is 2. The lowest BCUT2D eigenvalue weighted by molar-refractivity contribution is -0.122. The van der Waals surface area contributed by atoms with Gasteiger partial charge in [0.15, 0.2) is 6.10 Å². The van der Waals surface area contributed by atoms with Gasteiger partial charge in [-0.1, -0.05) is 42.8 Å². The second kappa shape index (κ2) is 8.36. The highest BCUT2D eigenvalue weighted by Crippen LogP contribution is 2.25. The fraction of sp³-hybridized carbons (Fsp3) is 0.222. The molecule has 1 unspecified atom stereocenters. The Bertz CT molecular complexity index is 732.